The molecule has 3 heteroatoms. The third-order valence-corrected chi connectivity index (χ3v) is 0.958. The Morgan fingerprint density at radius 2 is 2.38 bits per heavy atom. The molecule has 0 aromatic carbocycles. The van der Waals surface area contributed by atoms with Gasteiger partial charge in [0.05, 0.1) is 0 Å². The second-order valence-corrected chi connectivity index (χ2v) is 1.88. The monoisotopic (exact) mass is 136 g/mol. The molecule has 0 radical (unpaired) electrons. The molecule has 2 nitrogen and oxygen atoms in total. The summed E-state index contributed by atoms with van der Waals surface area (Å²) in [5, 5.41) is 0. The standard InChI is InChI=1S/C5H9ClO2/c1-3-4(2)8-5(6)7/h4H,3H2,1-2H3/t4-/m1/s1. The van der Waals surface area contributed by atoms with Crippen molar-refractivity contribution in [3.05, 3.63) is 0 Å². The second-order valence-electron chi connectivity index (χ2n) is 1.57. The van der Waals surface area contributed by atoms with Gasteiger partial charge in [0, 0.05) is 11.6 Å². The summed E-state index contributed by atoms with van der Waals surface area (Å²) < 4.78 is 4.53. The van der Waals surface area contributed by atoms with E-state index in [0.29, 0.717) is 0 Å². The molecule has 1 atom stereocenters. The lowest BCUT2D eigenvalue weighted by Crippen LogP contribution is -2.07. The van der Waals surface area contributed by atoms with E-state index in [1.165, 1.54) is 0 Å². The first-order valence-electron chi connectivity index (χ1n) is 2.53. The third-order valence-electron chi connectivity index (χ3n) is 0.869. The smallest absolute Gasteiger partial charge is 0.404 e. The van der Waals surface area contributed by atoms with Crippen molar-refractivity contribution in [1.29, 1.82) is 0 Å². The van der Waals surface area contributed by atoms with Gasteiger partial charge in [-0.2, -0.15) is 0 Å². The summed E-state index contributed by atoms with van der Waals surface area (Å²) in [7, 11) is 0. The van der Waals surface area contributed by atoms with Gasteiger partial charge in [0.2, 0.25) is 0 Å². The van der Waals surface area contributed by atoms with Gasteiger partial charge in [0.15, 0.2) is 0 Å². The fourth-order valence-corrected chi connectivity index (χ4v) is 0.394. The van der Waals surface area contributed by atoms with E-state index in [-0.39, 0.29) is 6.10 Å². The topological polar surface area (TPSA) is 26.3 Å². The van der Waals surface area contributed by atoms with E-state index in [0.717, 1.165) is 6.42 Å². The molecule has 0 bridgehead atoms. The minimum atomic E-state index is -0.723. The summed E-state index contributed by atoms with van der Waals surface area (Å²) in [5.41, 5.74) is -0.723. The van der Waals surface area contributed by atoms with Gasteiger partial charge in [-0.3, -0.25) is 0 Å². The fraction of sp³-hybridized carbons (Fsp3) is 0.800. The highest BCUT2D eigenvalue weighted by Crippen LogP contribution is 1.98. The third kappa shape index (κ3) is 3.93. The first kappa shape index (κ1) is 7.76. The van der Waals surface area contributed by atoms with Gasteiger partial charge in [-0.1, -0.05) is 6.92 Å². The molecular weight excluding hydrogens is 128 g/mol. The van der Waals surface area contributed by atoms with Crippen molar-refractivity contribution in [3.8, 4) is 0 Å². The molecule has 0 rings (SSSR count). The van der Waals surface area contributed by atoms with Gasteiger partial charge in [-0.25, -0.2) is 4.79 Å². The first-order valence-corrected chi connectivity index (χ1v) is 2.90. The molecule has 0 unspecified atom stereocenters. The summed E-state index contributed by atoms with van der Waals surface area (Å²) in [5.74, 6) is 0. The van der Waals surface area contributed by atoms with Crippen LogP contribution in [0.25, 0.3) is 0 Å². The average Bonchev–Trinajstić information content (AvgIpc) is 1.65. The predicted octanol–water partition coefficient (Wildman–Crippen LogP) is 2.16. The summed E-state index contributed by atoms with van der Waals surface area (Å²) in [6.45, 7) is 3.71. The van der Waals surface area contributed by atoms with E-state index in [1.807, 2.05) is 6.92 Å². The zero-order chi connectivity index (χ0) is 6.57. The minimum absolute atomic E-state index is 0.0556. The molecule has 0 saturated heterocycles. The van der Waals surface area contributed by atoms with Crippen LogP contribution in [0, 0.1) is 0 Å². The SMILES string of the molecule is CC[C@@H](C)OC(=O)Cl. The van der Waals surface area contributed by atoms with Crippen LogP contribution < -0.4 is 0 Å². The van der Waals surface area contributed by atoms with E-state index in [4.69, 9.17) is 11.6 Å². The van der Waals surface area contributed by atoms with Crippen LogP contribution in [0.1, 0.15) is 20.3 Å². The molecular formula is C5H9ClO2. The maximum absolute atomic E-state index is 9.96. The highest BCUT2D eigenvalue weighted by molar-refractivity contribution is 6.61. The van der Waals surface area contributed by atoms with E-state index in [9.17, 15) is 4.79 Å². The van der Waals surface area contributed by atoms with Crippen molar-refractivity contribution in [2.24, 2.45) is 0 Å². The molecule has 0 aromatic rings. The maximum Gasteiger partial charge on any atom is 0.404 e. The lowest BCUT2D eigenvalue weighted by atomic mass is 10.3. The number of carbonyl (C=O) groups is 1. The number of hydrogen-bond donors (Lipinski definition) is 0. The molecule has 8 heavy (non-hydrogen) atoms. The number of hydrogen-bond acceptors (Lipinski definition) is 2. The average molecular weight is 137 g/mol. The molecule has 0 saturated carbocycles. The number of rotatable bonds is 2. The summed E-state index contributed by atoms with van der Waals surface area (Å²) in [6.07, 6.45) is 0.748. The Kier molecular flexibility index (Phi) is 3.61. The van der Waals surface area contributed by atoms with Crippen molar-refractivity contribution < 1.29 is 9.53 Å². The molecule has 48 valence electrons. The van der Waals surface area contributed by atoms with Crippen molar-refractivity contribution in [3.63, 3.8) is 0 Å². The highest BCUT2D eigenvalue weighted by Gasteiger charge is 2.01. The van der Waals surface area contributed by atoms with Gasteiger partial charge in [-0.15, -0.1) is 0 Å². The zero-order valence-corrected chi connectivity index (χ0v) is 5.73. The van der Waals surface area contributed by atoms with Crippen molar-refractivity contribution in [2.45, 2.75) is 26.4 Å². The molecule has 0 aromatic heterocycles. The van der Waals surface area contributed by atoms with Crippen LogP contribution in [0.2, 0.25) is 0 Å². The Hall–Kier alpha value is -0.240. The Bertz CT molecular complexity index is 82.5. The molecule has 0 N–H and O–H groups in total. The van der Waals surface area contributed by atoms with Crippen LogP contribution >= 0.6 is 11.6 Å². The van der Waals surface area contributed by atoms with Gasteiger partial charge >= 0.3 is 5.43 Å². The Balaban J connectivity index is 3.24. The second kappa shape index (κ2) is 3.72. The molecule has 0 aliphatic heterocycles. The quantitative estimate of drug-likeness (QED) is 0.544. The van der Waals surface area contributed by atoms with Crippen molar-refractivity contribution in [1.82, 2.24) is 0 Å². The molecule has 0 amide bonds. The van der Waals surface area contributed by atoms with Gasteiger partial charge in [0.1, 0.15) is 6.10 Å². The predicted molar refractivity (Wildman–Crippen MR) is 32.1 cm³/mol. The highest BCUT2D eigenvalue weighted by atomic mass is 35.5. The van der Waals surface area contributed by atoms with Crippen LogP contribution in [0.4, 0.5) is 4.79 Å². The lowest BCUT2D eigenvalue weighted by Gasteiger charge is -2.05. The first-order chi connectivity index (χ1) is 3.66. The normalized spacial score (nSPS) is 12.9. The van der Waals surface area contributed by atoms with E-state index in [1.54, 1.807) is 6.92 Å². The minimum Gasteiger partial charge on any atom is -0.451 e. The molecule has 0 spiro atoms. The lowest BCUT2D eigenvalue weighted by molar-refractivity contribution is 0.129. The molecule has 0 heterocycles. The molecule has 0 fully saturated rings. The summed E-state index contributed by atoms with van der Waals surface area (Å²) in [4.78, 5) is 9.96. The fourth-order valence-electron chi connectivity index (χ4n) is 0.242. The number of ether oxygens (including phenoxy) is 1. The number of halogens is 1. The van der Waals surface area contributed by atoms with E-state index < -0.39 is 5.43 Å². The van der Waals surface area contributed by atoms with E-state index >= 15 is 0 Å². The van der Waals surface area contributed by atoms with Crippen molar-refractivity contribution >= 4 is 17.0 Å². The van der Waals surface area contributed by atoms with Crippen LogP contribution in [-0.2, 0) is 4.74 Å². The molecule has 0 aliphatic rings. The zero-order valence-electron chi connectivity index (χ0n) is 4.98. The number of carbonyl (C=O) groups excluding carboxylic acids is 1. The van der Waals surface area contributed by atoms with Crippen LogP contribution in [-0.4, -0.2) is 11.5 Å². The van der Waals surface area contributed by atoms with Crippen molar-refractivity contribution in [2.75, 3.05) is 0 Å². The molecule has 0 aliphatic carbocycles. The van der Waals surface area contributed by atoms with Crippen LogP contribution in [0.3, 0.4) is 0 Å². The Morgan fingerprint density at radius 3 is 2.50 bits per heavy atom. The summed E-state index contributed by atoms with van der Waals surface area (Å²) >= 11 is 4.89. The van der Waals surface area contributed by atoms with Gasteiger partial charge in [0.25, 0.3) is 0 Å². The van der Waals surface area contributed by atoms with Crippen LogP contribution in [0.15, 0.2) is 0 Å². The largest absolute Gasteiger partial charge is 0.451 e. The van der Waals surface area contributed by atoms with E-state index in [2.05, 4.69) is 4.74 Å². The van der Waals surface area contributed by atoms with Gasteiger partial charge < -0.3 is 4.74 Å². The summed E-state index contributed by atoms with van der Waals surface area (Å²) in [6, 6.07) is 0. The van der Waals surface area contributed by atoms with Gasteiger partial charge in [-0.05, 0) is 13.3 Å². The maximum atomic E-state index is 9.96. The Labute approximate surface area is 53.8 Å². The Morgan fingerprint density at radius 1 is 1.88 bits per heavy atom. The van der Waals surface area contributed by atoms with Crippen LogP contribution in [0.5, 0.6) is 0 Å².